The molecule has 88 valence electrons. The van der Waals surface area contributed by atoms with Crippen molar-refractivity contribution in [1.82, 2.24) is 5.32 Å². The molecule has 0 rings (SSSR count). The Balaban J connectivity index is 4.34. The van der Waals surface area contributed by atoms with Crippen LogP contribution in [-0.2, 0) is 9.59 Å². The Morgan fingerprint density at radius 3 is 2.27 bits per heavy atom. The van der Waals surface area contributed by atoms with Crippen molar-refractivity contribution >= 4 is 11.7 Å². The van der Waals surface area contributed by atoms with Crippen LogP contribution in [0.5, 0.6) is 0 Å². The van der Waals surface area contributed by atoms with E-state index < -0.39 is 6.10 Å². The second kappa shape index (κ2) is 6.56. The van der Waals surface area contributed by atoms with Gasteiger partial charge in [0.15, 0.2) is 0 Å². The molecule has 0 spiro atoms. The zero-order valence-electron chi connectivity index (χ0n) is 9.91. The molecule has 0 aliphatic carbocycles. The first kappa shape index (κ1) is 14.1. The van der Waals surface area contributed by atoms with Crippen molar-refractivity contribution in [2.75, 3.05) is 7.05 Å². The van der Waals surface area contributed by atoms with Crippen LogP contribution in [0, 0.1) is 11.8 Å². The summed E-state index contributed by atoms with van der Waals surface area (Å²) in [7, 11) is 1.56. The summed E-state index contributed by atoms with van der Waals surface area (Å²) in [6.45, 7) is 5.12. The van der Waals surface area contributed by atoms with Crippen LogP contribution < -0.4 is 5.32 Å². The average molecular weight is 215 g/mol. The van der Waals surface area contributed by atoms with Crippen molar-refractivity contribution < 1.29 is 14.7 Å². The molecular formula is C11H21NO3. The number of rotatable bonds is 6. The van der Waals surface area contributed by atoms with E-state index in [0.29, 0.717) is 6.42 Å². The minimum Gasteiger partial charge on any atom is -0.392 e. The van der Waals surface area contributed by atoms with Gasteiger partial charge in [0.05, 0.1) is 6.10 Å². The zero-order valence-corrected chi connectivity index (χ0v) is 9.91. The van der Waals surface area contributed by atoms with Gasteiger partial charge in [-0.15, -0.1) is 0 Å². The molecule has 0 saturated carbocycles. The molecule has 0 aliphatic heterocycles. The normalized spacial score (nSPS) is 16.6. The molecule has 0 aliphatic rings. The van der Waals surface area contributed by atoms with E-state index in [0.717, 1.165) is 0 Å². The van der Waals surface area contributed by atoms with Gasteiger partial charge in [-0.05, 0) is 19.3 Å². The van der Waals surface area contributed by atoms with E-state index in [2.05, 4.69) is 5.32 Å². The summed E-state index contributed by atoms with van der Waals surface area (Å²) >= 11 is 0. The highest BCUT2D eigenvalue weighted by Gasteiger charge is 2.27. The van der Waals surface area contributed by atoms with Gasteiger partial charge in [0.2, 0.25) is 5.91 Å². The molecular weight excluding hydrogens is 194 g/mol. The fraction of sp³-hybridized carbons (Fsp3) is 0.818. The monoisotopic (exact) mass is 215 g/mol. The van der Waals surface area contributed by atoms with Gasteiger partial charge in [-0.1, -0.05) is 13.8 Å². The number of hydrogen-bond donors (Lipinski definition) is 2. The van der Waals surface area contributed by atoms with Crippen molar-refractivity contribution in [3.8, 4) is 0 Å². The van der Waals surface area contributed by atoms with Crippen molar-refractivity contribution in [1.29, 1.82) is 0 Å². The minimum absolute atomic E-state index is 0.0197. The van der Waals surface area contributed by atoms with Gasteiger partial charge in [0.25, 0.3) is 0 Å². The molecule has 0 aromatic heterocycles. The third-order valence-corrected chi connectivity index (χ3v) is 2.74. The van der Waals surface area contributed by atoms with Crippen molar-refractivity contribution in [2.45, 2.75) is 39.7 Å². The summed E-state index contributed by atoms with van der Waals surface area (Å²) in [5, 5.41) is 12.4. The first-order valence-electron chi connectivity index (χ1n) is 5.33. The number of hydrogen-bond acceptors (Lipinski definition) is 3. The van der Waals surface area contributed by atoms with Crippen molar-refractivity contribution in [2.24, 2.45) is 11.8 Å². The summed E-state index contributed by atoms with van der Waals surface area (Å²) in [6, 6.07) is 0. The maximum absolute atomic E-state index is 11.2. The molecule has 0 saturated heterocycles. The summed E-state index contributed by atoms with van der Waals surface area (Å²) in [4.78, 5) is 22.3. The van der Waals surface area contributed by atoms with Crippen molar-refractivity contribution in [3.63, 3.8) is 0 Å². The van der Waals surface area contributed by atoms with E-state index >= 15 is 0 Å². The number of aliphatic hydroxyl groups excluding tert-OH is 1. The fourth-order valence-corrected chi connectivity index (χ4v) is 1.68. The van der Waals surface area contributed by atoms with Gasteiger partial charge in [0.1, 0.15) is 5.78 Å². The molecule has 3 atom stereocenters. The first-order valence-corrected chi connectivity index (χ1v) is 5.33. The maximum Gasteiger partial charge on any atom is 0.220 e. The molecule has 0 heterocycles. The molecule has 4 heteroatoms. The third kappa shape index (κ3) is 4.42. The topological polar surface area (TPSA) is 66.4 Å². The number of Topliss-reactive ketones (excluding diaryl/α,β-unsaturated/α-hetero) is 1. The zero-order chi connectivity index (χ0) is 12.0. The van der Waals surface area contributed by atoms with Crippen LogP contribution in [0.25, 0.3) is 0 Å². The average Bonchev–Trinajstić information content (AvgIpc) is 2.17. The lowest BCUT2D eigenvalue weighted by atomic mass is 9.86. The number of carbonyl (C=O) groups is 2. The Morgan fingerprint density at radius 2 is 1.93 bits per heavy atom. The number of ketones is 1. The van der Waals surface area contributed by atoms with Gasteiger partial charge >= 0.3 is 0 Å². The van der Waals surface area contributed by atoms with Crippen LogP contribution in [0.3, 0.4) is 0 Å². The third-order valence-electron chi connectivity index (χ3n) is 2.74. The molecule has 1 amide bonds. The van der Waals surface area contributed by atoms with Gasteiger partial charge in [0, 0.05) is 19.4 Å². The molecule has 15 heavy (non-hydrogen) atoms. The second-order valence-electron chi connectivity index (χ2n) is 3.97. The van der Waals surface area contributed by atoms with Gasteiger partial charge in [-0.3, -0.25) is 9.59 Å². The number of nitrogens with one attached hydrogen (secondary N) is 1. The lowest BCUT2D eigenvalue weighted by Crippen LogP contribution is -2.34. The Kier molecular flexibility index (Phi) is 6.17. The standard InChI is InChI=1S/C11H21NO3/c1-5-9(8(3)13)11(15)7(2)6-10(14)12-4/h7,9,11,15H,5-6H2,1-4H3,(H,12,14)/t7-,9-,11?/m1/s1. The Hall–Kier alpha value is -0.900. The molecule has 0 bridgehead atoms. The maximum atomic E-state index is 11.2. The largest absolute Gasteiger partial charge is 0.392 e. The fourth-order valence-electron chi connectivity index (χ4n) is 1.68. The minimum atomic E-state index is -0.732. The SMILES string of the molecule is CC[C@H](C(C)=O)C(O)[C@H](C)CC(=O)NC. The van der Waals surface area contributed by atoms with Crippen LogP contribution in [0.1, 0.15) is 33.6 Å². The molecule has 0 aromatic rings. The summed E-state index contributed by atoms with van der Waals surface area (Å²) in [6.07, 6.45) is 0.126. The summed E-state index contributed by atoms with van der Waals surface area (Å²) < 4.78 is 0. The smallest absolute Gasteiger partial charge is 0.220 e. The Labute approximate surface area is 91.1 Å². The van der Waals surface area contributed by atoms with Gasteiger partial charge in [-0.2, -0.15) is 0 Å². The van der Waals surface area contributed by atoms with Gasteiger partial charge < -0.3 is 10.4 Å². The number of aliphatic hydroxyl groups is 1. The summed E-state index contributed by atoms with van der Waals surface area (Å²) in [5.41, 5.74) is 0. The van der Waals surface area contributed by atoms with Crippen LogP contribution in [0.2, 0.25) is 0 Å². The number of amides is 1. The Morgan fingerprint density at radius 1 is 1.40 bits per heavy atom. The second-order valence-corrected chi connectivity index (χ2v) is 3.97. The lowest BCUT2D eigenvalue weighted by Gasteiger charge is -2.24. The van der Waals surface area contributed by atoms with E-state index in [1.807, 2.05) is 6.92 Å². The number of carbonyl (C=O) groups excluding carboxylic acids is 2. The van der Waals surface area contributed by atoms with E-state index in [4.69, 9.17) is 0 Å². The van der Waals surface area contributed by atoms with Crippen molar-refractivity contribution in [3.05, 3.63) is 0 Å². The molecule has 4 nitrogen and oxygen atoms in total. The highest BCUT2D eigenvalue weighted by atomic mass is 16.3. The van der Waals surface area contributed by atoms with Crippen LogP contribution in [-0.4, -0.2) is 29.9 Å². The molecule has 2 N–H and O–H groups in total. The van der Waals surface area contributed by atoms with Gasteiger partial charge in [-0.25, -0.2) is 0 Å². The molecule has 1 unspecified atom stereocenters. The van der Waals surface area contributed by atoms with Crippen LogP contribution in [0.15, 0.2) is 0 Å². The highest BCUT2D eigenvalue weighted by Crippen LogP contribution is 2.20. The van der Waals surface area contributed by atoms with Crippen LogP contribution >= 0.6 is 0 Å². The summed E-state index contributed by atoms with van der Waals surface area (Å²) in [5.74, 6) is -0.683. The first-order chi connectivity index (χ1) is 6.93. The van der Waals surface area contributed by atoms with E-state index in [1.54, 1.807) is 14.0 Å². The predicted octanol–water partition coefficient (Wildman–Crippen LogP) is 0.735. The highest BCUT2D eigenvalue weighted by molar-refractivity contribution is 5.79. The predicted molar refractivity (Wildman–Crippen MR) is 58.3 cm³/mol. The van der Waals surface area contributed by atoms with E-state index in [9.17, 15) is 14.7 Å². The van der Waals surface area contributed by atoms with E-state index in [-0.39, 0.29) is 29.9 Å². The molecule has 0 fully saturated rings. The molecule has 0 aromatic carbocycles. The quantitative estimate of drug-likeness (QED) is 0.686. The van der Waals surface area contributed by atoms with E-state index in [1.165, 1.54) is 6.92 Å². The lowest BCUT2D eigenvalue weighted by molar-refractivity contribution is -0.128. The van der Waals surface area contributed by atoms with Crippen LogP contribution in [0.4, 0.5) is 0 Å². The Bertz CT molecular complexity index is 228. The molecule has 0 radical (unpaired) electrons.